The van der Waals surface area contributed by atoms with Crippen LogP contribution in [-0.4, -0.2) is 35.5 Å². The van der Waals surface area contributed by atoms with E-state index in [2.05, 4.69) is 10.6 Å². The molecule has 0 aliphatic rings. The van der Waals surface area contributed by atoms with Crippen LogP contribution in [-0.2, 0) is 16.0 Å². The van der Waals surface area contributed by atoms with Crippen molar-refractivity contribution in [3.05, 3.63) is 70.8 Å². The van der Waals surface area contributed by atoms with Crippen molar-refractivity contribution in [2.75, 3.05) is 6.54 Å². The highest BCUT2D eigenvalue weighted by atomic mass is 16.4. The highest BCUT2D eigenvalue weighted by Gasteiger charge is 2.20. The zero-order chi connectivity index (χ0) is 19.1. The number of carboxylic acids is 1. The Morgan fingerprint density at radius 3 is 2.31 bits per heavy atom. The van der Waals surface area contributed by atoms with Gasteiger partial charge in [-0.05, 0) is 42.7 Å². The molecule has 0 saturated carbocycles. The first-order valence-electron chi connectivity index (χ1n) is 8.28. The Labute approximate surface area is 152 Å². The minimum atomic E-state index is -1.12. The number of nitrogens with one attached hydrogen (secondary N) is 2. The van der Waals surface area contributed by atoms with Crippen molar-refractivity contribution in [1.82, 2.24) is 10.6 Å². The van der Waals surface area contributed by atoms with E-state index < -0.39 is 17.9 Å². The van der Waals surface area contributed by atoms with E-state index in [9.17, 15) is 19.5 Å². The molecule has 1 atom stereocenters. The zero-order valence-electron chi connectivity index (χ0n) is 14.8. The summed E-state index contributed by atoms with van der Waals surface area (Å²) in [4.78, 5) is 35.5. The summed E-state index contributed by atoms with van der Waals surface area (Å²) in [7, 11) is 0. The fourth-order valence-corrected chi connectivity index (χ4v) is 2.44. The van der Waals surface area contributed by atoms with Gasteiger partial charge in [-0.15, -0.1) is 0 Å². The summed E-state index contributed by atoms with van der Waals surface area (Å²) in [5, 5.41) is 14.2. The van der Waals surface area contributed by atoms with Crippen LogP contribution in [0.5, 0.6) is 0 Å². The lowest BCUT2D eigenvalue weighted by atomic mass is 10.1. The van der Waals surface area contributed by atoms with Gasteiger partial charge in [-0.25, -0.2) is 4.79 Å². The number of hydrogen-bond donors (Lipinski definition) is 3. The largest absolute Gasteiger partial charge is 0.480 e. The molecule has 0 fully saturated rings. The molecule has 0 aliphatic carbocycles. The Morgan fingerprint density at radius 1 is 1.00 bits per heavy atom. The van der Waals surface area contributed by atoms with Crippen molar-refractivity contribution in [2.45, 2.75) is 26.3 Å². The third kappa shape index (κ3) is 5.44. The third-order valence-corrected chi connectivity index (χ3v) is 4.09. The maximum Gasteiger partial charge on any atom is 0.326 e. The van der Waals surface area contributed by atoms with E-state index in [1.54, 1.807) is 36.4 Å². The molecule has 2 amide bonds. The van der Waals surface area contributed by atoms with Crippen molar-refractivity contribution in [3.63, 3.8) is 0 Å². The van der Waals surface area contributed by atoms with Crippen molar-refractivity contribution >= 4 is 17.8 Å². The molecule has 0 aromatic heterocycles. The minimum absolute atomic E-state index is 0.174. The molecule has 0 aliphatic heterocycles. The van der Waals surface area contributed by atoms with Crippen LogP contribution in [0.3, 0.4) is 0 Å². The fraction of sp³-hybridized carbons (Fsp3) is 0.250. The number of carboxylic acid groups (broad SMARTS) is 1. The van der Waals surface area contributed by atoms with E-state index in [1.165, 1.54) is 0 Å². The number of hydrogen-bond acceptors (Lipinski definition) is 3. The monoisotopic (exact) mass is 354 g/mol. The van der Waals surface area contributed by atoms with Gasteiger partial charge in [0.1, 0.15) is 6.04 Å². The molecule has 2 rings (SSSR count). The second-order valence-corrected chi connectivity index (χ2v) is 6.13. The number of rotatable bonds is 7. The van der Waals surface area contributed by atoms with Crippen molar-refractivity contribution in [3.8, 4) is 0 Å². The van der Waals surface area contributed by atoms with Gasteiger partial charge in [0.15, 0.2) is 0 Å². The van der Waals surface area contributed by atoms with Gasteiger partial charge < -0.3 is 15.7 Å². The summed E-state index contributed by atoms with van der Waals surface area (Å²) in [6.45, 7) is 3.56. The smallest absolute Gasteiger partial charge is 0.326 e. The number of aliphatic carboxylic acids is 1. The molecule has 0 spiro atoms. The Kier molecular flexibility index (Phi) is 6.49. The molecular weight excluding hydrogens is 332 g/mol. The molecule has 0 bridgehead atoms. The number of amides is 2. The van der Waals surface area contributed by atoms with Gasteiger partial charge in [-0.1, -0.05) is 36.4 Å². The normalized spacial score (nSPS) is 11.5. The fourth-order valence-electron chi connectivity index (χ4n) is 2.44. The molecular formula is C20H22N2O4. The molecule has 0 heterocycles. The van der Waals surface area contributed by atoms with E-state index in [-0.39, 0.29) is 18.9 Å². The summed E-state index contributed by atoms with van der Waals surface area (Å²) in [5.74, 6) is -2.05. The molecule has 2 aromatic rings. The number of benzene rings is 2. The van der Waals surface area contributed by atoms with Gasteiger partial charge in [-0.3, -0.25) is 9.59 Å². The van der Waals surface area contributed by atoms with Crippen LogP contribution in [0.1, 0.15) is 27.0 Å². The van der Waals surface area contributed by atoms with Crippen LogP contribution in [0, 0.1) is 13.8 Å². The van der Waals surface area contributed by atoms with Crippen LogP contribution < -0.4 is 10.6 Å². The summed E-state index contributed by atoms with van der Waals surface area (Å²) < 4.78 is 0. The Balaban J connectivity index is 1.90. The number of aryl methyl sites for hydroxylation is 2. The van der Waals surface area contributed by atoms with E-state index in [1.807, 2.05) is 26.0 Å². The first kappa shape index (κ1) is 19.2. The van der Waals surface area contributed by atoms with Crippen LogP contribution in [0.15, 0.2) is 48.5 Å². The first-order valence-corrected chi connectivity index (χ1v) is 8.28. The van der Waals surface area contributed by atoms with Crippen LogP contribution >= 0.6 is 0 Å². The van der Waals surface area contributed by atoms with Gasteiger partial charge in [-0.2, -0.15) is 0 Å². The van der Waals surface area contributed by atoms with Crippen LogP contribution in [0.2, 0.25) is 0 Å². The lowest BCUT2D eigenvalue weighted by Gasteiger charge is -2.15. The molecule has 3 N–H and O–H groups in total. The number of carbonyl (C=O) groups is 3. The lowest BCUT2D eigenvalue weighted by molar-refractivity contribution is -0.141. The van der Waals surface area contributed by atoms with Crippen molar-refractivity contribution in [1.29, 1.82) is 0 Å². The highest BCUT2D eigenvalue weighted by Crippen LogP contribution is 2.09. The van der Waals surface area contributed by atoms with Crippen molar-refractivity contribution < 1.29 is 19.5 Å². The minimum Gasteiger partial charge on any atom is -0.480 e. The average molecular weight is 354 g/mol. The zero-order valence-corrected chi connectivity index (χ0v) is 14.8. The lowest BCUT2D eigenvalue weighted by Crippen LogP contribution is -2.46. The molecule has 2 aromatic carbocycles. The second-order valence-electron chi connectivity index (χ2n) is 6.13. The quantitative estimate of drug-likeness (QED) is 0.707. The molecule has 6 nitrogen and oxygen atoms in total. The second kappa shape index (κ2) is 8.80. The third-order valence-electron chi connectivity index (χ3n) is 4.09. The Morgan fingerprint density at radius 2 is 1.69 bits per heavy atom. The molecule has 136 valence electrons. The topological polar surface area (TPSA) is 95.5 Å². The molecule has 0 saturated heterocycles. The van der Waals surface area contributed by atoms with Gasteiger partial charge in [0.2, 0.25) is 5.91 Å². The summed E-state index contributed by atoms with van der Waals surface area (Å²) in [5.41, 5.74) is 3.32. The van der Waals surface area contributed by atoms with Crippen LogP contribution in [0.4, 0.5) is 0 Å². The maximum absolute atomic E-state index is 12.1. The predicted octanol–water partition coefficient (Wildman–Crippen LogP) is 1.85. The van der Waals surface area contributed by atoms with Gasteiger partial charge in [0.05, 0.1) is 6.54 Å². The molecule has 0 unspecified atom stereocenters. The van der Waals surface area contributed by atoms with Gasteiger partial charge in [0.25, 0.3) is 5.91 Å². The molecule has 0 radical (unpaired) electrons. The Hall–Kier alpha value is -3.15. The first-order chi connectivity index (χ1) is 12.4. The number of carbonyl (C=O) groups excluding carboxylic acids is 2. The molecule has 26 heavy (non-hydrogen) atoms. The van der Waals surface area contributed by atoms with Crippen molar-refractivity contribution in [2.24, 2.45) is 0 Å². The molecule has 6 heteroatoms. The van der Waals surface area contributed by atoms with Gasteiger partial charge >= 0.3 is 5.97 Å². The standard InChI is InChI=1S/C20H22N2O4/c1-13-8-9-16(10-14(13)2)19(24)21-12-18(23)22-17(20(25)26)11-15-6-4-3-5-7-15/h3-10,17H,11-12H2,1-2H3,(H,21,24)(H,22,23)(H,25,26)/t17-/m0/s1. The van der Waals surface area contributed by atoms with Crippen LogP contribution in [0.25, 0.3) is 0 Å². The maximum atomic E-state index is 12.1. The predicted molar refractivity (Wildman–Crippen MR) is 98.0 cm³/mol. The van der Waals surface area contributed by atoms with E-state index in [0.29, 0.717) is 5.56 Å². The summed E-state index contributed by atoms with van der Waals surface area (Å²) >= 11 is 0. The highest BCUT2D eigenvalue weighted by molar-refractivity contribution is 5.97. The van der Waals surface area contributed by atoms with E-state index in [0.717, 1.165) is 16.7 Å². The Bertz CT molecular complexity index is 803. The SMILES string of the molecule is Cc1ccc(C(=O)NCC(=O)N[C@@H](Cc2ccccc2)C(=O)O)cc1C. The van der Waals surface area contributed by atoms with E-state index >= 15 is 0 Å². The summed E-state index contributed by atoms with van der Waals surface area (Å²) in [6.07, 6.45) is 0.174. The summed E-state index contributed by atoms with van der Waals surface area (Å²) in [6, 6.07) is 13.3. The van der Waals surface area contributed by atoms with E-state index in [4.69, 9.17) is 0 Å². The average Bonchev–Trinajstić information content (AvgIpc) is 2.62. The van der Waals surface area contributed by atoms with Gasteiger partial charge in [0, 0.05) is 12.0 Å².